The molecule has 0 aliphatic carbocycles. The molecule has 0 N–H and O–H groups in total. The first kappa shape index (κ1) is 7.05. The van der Waals surface area contributed by atoms with Crippen LogP contribution in [0.5, 0.6) is 0 Å². The lowest BCUT2D eigenvalue weighted by molar-refractivity contribution is 1.67. The normalized spacial score (nSPS) is 14.3. The second kappa shape index (κ2) is 2.45. The van der Waals surface area contributed by atoms with Gasteiger partial charge in [0.2, 0.25) is 0 Å². The molecule has 1 aromatic rings. The molecule has 0 spiro atoms. The van der Waals surface area contributed by atoms with Crippen molar-refractivity contribution in [3.05, 3.63) is 36.4 Å². The summed E-state index contributed by atoms with van der Waals surface area (Å²) in [7, 11) is 0. The van der Waals surface area contributed by atoms with Crippen LogP contribution in [0.3, 0.4) is 0 Å². The molecule has 0 aromatic heterocycles. The predicted octanol–water partition coefficient (Wildman–Crippen LogP) is 1.81. The fraction of sp³-hybridized carbons (Fsp3) is 0.111. The van der Waals surface area contributed by atoms with Gasteiger partial charge in [-0.05, 0) is 11.8 Å². The fourth-order valence-electron chi connectivity index (χ4n) is 1.54. The third kappa shape index (κ3) is 0.858. The molecule has 0 bridgehead atoms. The molecule has 1 aliphatic heterocycles. The monoisotopic (exact) mass is 160 g/mol. The third-order valence-corrected chi connectivity index (χ3v) is 3.15. The van der Waals surface area contributed by atoms with E-state index in [1.165, 1.54) is 16.5 Å². The minimum Gasteiger partial charge on any atom is -0.200 e. The first-order valence-electron chi connectivity index (χ1n) is 3.65. The van der Waals surface area contributed by atoms with E-state index >= 15 is 0 Å². The third-order valence-electron chi connectivity index (χ3n) is 2.14. The average molecular weight is 160 g/mol. The SMILES string of the molecule is C=C1B(SC)c2ccccc21. The molecule has 1 aromatic carbocycles. The van der Waals surface area contributed by atoms with E-state index in [9.17, 15) is 0 Å². The van der Waals surface area contributed by atoms with Gasteiger partial charge in [0, 0.05) is 0 Å². The topological polar surface area (TPSA) is 0 Å². The maximum absolute atomic E-state index is 4.03. The smallest absolute Gasteiger partial charge is 0.200 e. The molecular formula is C9H9BS. The Balaban J connectivity index is 2.47. The molecule has 0 atom stereocenters. The highest BCUT2D eigenvalue weighted by Gasteiger charge is 2.32. The summed E-state index contributed by atoms with van der Waals surface area (Å²) in [6.07, 6.45) is 2.13. The van der Waals surface area contributed by atoms with E-state index in [1.807, 2.05) is 11.6 Å². The molecule has 2 rings (SSSR count). The quantitative estimate of drug-likeness (QED) is 0.564. The Morgan fingerprint density at radius 2 is 2.09 bits per heavy atom. The van der Waals surface area contributed by atoms with Crippen molar-refractivity contribution in [2.45, 2.75) is 0 Å². The molecule has 11 heavy (non-hydrogen) atoms. The molecule has 54 valence electrons. The Labute approximate surface area is 71.7 Å². The largest absolute Gasteiger partial charge is 0.274 e. The number of hydrogen-bond acceptors (Lipinski definition) is 1. The summed E-state index contributed by atoms with van der Waals surface area (Å²) in [6.45, 7) is 4.03. The van der Waals surface area contributed by atoms with Gasteiger partial charge in [0.1, 0.15) is 0 Å². The first-order chi connectivity index (χ1) is 5.34. The van der Waals surface area contributed by atoms with Gasteiger partial charge >= 0.3 is 0 Å². The molecule has 0 saturated heterocycles. The van der Waals surface area contributed by atoms with E-state index in [2.05, 4.69) is 37.1 Å². The highest BCUT2D eigenvalue weighted by atomic mass is 32.2. The van der Waals surface area contributed by atoms with Crippen molar-refractivity contribution in [3.63, 3.8) is 0 Å². The number of rotatable bonds is 1. The maximum Gasteiger partial charge on any atom is 0.274 e. The van der Waals surface area contributed by atoms with Gasteiger partial charge in [-0.1, -0.05) is 35.2 Å². The summed E-state index contributed by atoms with van der Waals surface area (Å²) >= 11 is 1.86. The fourth-order valence-corrected chi connectivity index (χ4v) is 2.41. The Kier molecular flexibility index (Phi) is 1.57. The second-order valence-electron chi connectivity index (χ2n) is 2.73. The number of benzene rings is 1. The van der Waals surface area contributed by atoms with Crippen LogP contribution >= 0.6 is 11.6 Å². The highest BCUT2D eigenvalue weighted by molar-refractivity contribution is 8.28. The lowest BCUT2D eigenvalue weighted by atomic mass is 9.47. The summed E-state index contributed by atoms with van der Waals surface area (Å²) in [5, 5.41) is 0. The number of fused-ring (bicyclic) bond motifs is 1. The van der Waals surface area contributed by atoms with Crippen LogP contribution in [-0.2, 0) is 0 Å². The van der Waals surface area contributed by atoms with E-state index in [0.29, 0.717) is 5.99 Å². The van der Waals surface area contributed by atoms with Gasteiger partial charge < -0.3 is 0 Å². The van der Waals surface area contributed by atoms with Gasteiger partial charge in [-0.2, -0.15) is 0 Å². The molecule has 0 nitrogen and oxygen atoms in total. The molecule has 0 fully saturated rings. The van der Waals surface area contributed by atoms with Crippen molar-refractivity contribution < 1.29 is 0 Å². The molecular weight excluding hydrogens is 151 g/mol. The molecule has 0 unspecified atom stereocenters. The van der Waals surface area contributed by atoms with E-state index in [-0.39, 0.29) is 0 Å². The van der Waals surface area contributed by atoms with Gasteiger partial charge in [-0.25, -0.2) is 11.6 Å². The molecule has 0 radical (unpaired) electrons. The zero-order valence-corrected chi connectivity index (χ0v) is 7.32. The van der Waals surface area contributed by atoms with Crippen LogP contribution in [0.25, 0.3) is 5.47 Å². The summed E-state index contributed by atoms with van der Waals surface area (Å²) in [6, 6.07) is 8.49. The summed E-state index contributed by atoms with van der Waals surface area (Å²) < 4.78 is 0. The van der Waals surface area contributed by atoms with Crippen molar-refractivity contribution in [2.75, 3.05) is 6.26 Å². The van der Waals surface area contributed by atoms with Crippen LogP contribution in [0.1, 0.15) is 5.56 Å². The standard InChI is InChI=1S/C9H9BS/c1-7-8-5-3-4-6-9(8)10(7)11-2/h3-6H,1H2,2H3. The van der Waals surface area contributed by atoms with Gasteiger partial charge in [0.05, 0.1) is 0 Å². The van der Waals surface area contributed by atoms with Crippen molar-refractivity contribution in [1.29, 1.82) is 0 Å². The van der Waals surface area contributed by atoms with Crippen LogP contribution in [0.15, 0.2) is 30.8 Å². The summed E-state index contributed by atoms with van der Waals surface area (Å²) in [5.41, 5.74) is 4.09. The molecule has 0 amide bonds. The van der Waals surface area contributed by atoms with E-state index in [1.54, 1.807) is 0 Å². The van der Waals surface area contributed by atoms with E-state index in [0.717, 1.165) is 0 Å². The van der Waals surface area contributed by atoms with Gasteiger partial charge in [-0.15, -0.1) is 6.58 Å². The summed E-state index contributed by atoms with van der Waals surface area (Å²) in [4.78, 5) is 0. The summed E-state index contributed by atoms with van der Waals surface area (Å²) in [5.74, 6) is 0.561. The van der Waals surface area contributed by atoms with Gasteiger partial charge in [0.15, 0.2) is 0 Å². The van der Waals surface area contributed by atoms with Crippen LogP contribution in [-0.4, -0.2) is 12.2 Å². The van der Waals surface area contributed by atoms with Crippen molar-refractivity contribution in [2.24, 2.45) is 0 Å². The van der Waals surface area contributed by atoms with Crippen LogP contribution in [0, 0.1) is 0 Å². The Hall–Kier alpha value is -0.625. The average Bonchev–Trinajstić information content (AvgIpc) is 2.05. The Morgan fingerprint density at radius 3 is 2.82 bits per heavy atom. The van der Waals surface area contributed by atoms with Crippen molar-refractivity contribution in [3.8, 4) is 0 Å². The van der Waals surface area contributed by atoms with Crippen LogP contribution < -0.4 is 5.46 Å². The van der Waals surface area contributed by atoms with Crippen molar-refractivity contribution >= 4 is 28.5 Å². The maximum atomic E-state index is 4.03. The Bertz CT molecular complexity index is 306. The van der Waals surface area contributed by atoms with E-state index in [4.69, 9.17) is 0 Å². The molecule has 0 saturated carbocycles. The van der Waals surface area contributed by atoms with Crippen LogP contribution in [0.4, 0.5) is 0 Å². The zero-order chi connectivity index (χ0) is 7.84. The minimum atomic E-state index is 0.561. The zero-order valence-electron chi connectivity index (χ0n) is 6.50. The predicted molar refractivity (Wildman–Crippen MR) is 54.4 cm³/mol. The molecule has 2 heteroatoms. The lowest BCUT2D eigenvalue weighted by Crippen LogP contribution is -2.41. The minimum absolute atomic E-state index is 0.561. The van der Waals surface area contributed by atoms with Gasteiger partial charge in [0.25, 0.3) is 5.99 Å². The van der Waals surface area contributed by atoms with E-state index < -0.39 is 0 Å². The van der Waals surface area contributed by atoms with Crippen LogP contribution in [0.2, 0.25) is 0 Å². The first-order valence-corrected chi connectivity index (χ1v) is 4.94. The Morgan fingerprint density at radius 1 is 1.36 bits per heavy atom. The molecule has 1 aliphatic rings. The second-order valence-corrected chi connectivity index (χ2v) is 3.67. The number of hydrogen-bond donors (Lipinski definition) is 0. The molecule has 1 heterocycles. The van der Waals surface area contributed by atoms with Gasteiger partial charge in [-0.3, -0.25) is 0 Å². The lowest BCUT2D eigenvalue weighted by Gasteiger charge is -2.28. The highest BCUT2D eigenvalue weighted by Crippen LogP contribution is 2.29. The van der Waals surface area contributed by atoms with Crippen molar-refractivity contribution in [1.82, 2.24) is 0 Å².